The summed E-state index contributed by atoms with van der Waals surface area (Å²) in [7, 11) is 1.59. The second-order valence-electron chi connectivity index (χ2n) is 7.23. The summed E-state index contributed by atoms with van der Waals surface area (Å²) >= 11 is 12.0. The number of nitrogens with zero attached hydrogens (tertiary/aromatic N) is 1. The highest BCUT2D eigenvalue weighted by Gasteiger charge is 2.27. The lowest BCUT2D eigenvalue weighted by atomic mass is 10.1. The number of carbonyl (C=O) groups is 2. The summed E-state index contributed by atoms with van der Waals surface area (Å²) in [6, 6.07) is 11.4. The Bertz CT molecular complexity index is 890. The van der Waals surface area contributed by atoms with Crippen LogP contribution >= 0.6 is 23.2 Å². The number of ether oxygens (including phenoxy) is 2. The van der Waals surface area contributed by atoms with Crippen molar-refractivity contribution in [1.29, 1.82) is 0 Å². The molecule has 168 valence electrons. The van der Waals surface area contributed by atoms with E-state index in [9.17, 15) is 9.59 Å². The number of hydrogen-bond acceptors (Lipinski definition) is 4. The molecule has 8 heteroatoms. The molecule has 2 aromatic carbocycles. The zero-order valence-corrected chi connectivity index (χ0v) is 19.7. The van der Waals surface area contributed by atoms with Gasteiger partial charge in [0, 0.05) is 17.6 Å². The van der Waals surface area contributed by atoms with Crippen molar-refractivity contribution in [2.75, 3.05) is 13.7 Å². The molecular formula is C23H28Cl2N2O4. The average molecular weight is 467 g/mol. The first-order valence-electron chi connectivity index (χ1n) is 10.1. The third kappa shape index (κ3) is 7.33. The normalized spacial score (nSPS) is 12.6. The number of amides is 2. The lowest BCUT2D eigenvalue weighted by molar-refractivity contribution is -0.142. The lowest BCUT2D eigenvalue weighted by Gasteiger charge is -2.29. The summed E-state index contributed by atoms with van der Waals surface area (Å²) in [6.45, 7) is 5.59. The number of methoxy groups -OCH3 is 1. The van der Waals surface area contributed by atoms with E-state index in [1.54, 1.807) is 32.2 Å². The number of halogens is 2. The van der Waals surface area contributed by atoms with Gasteiger partial charge < -0.3 is 19.7 Å². The first-order valence-corrected chi connectivity index (χ1v) is 10.8. The Kier molecular flexibility index (Phi) is 9.46. The highest BCUT2D eigenvalue weighted by Crippen LogP contribution is 2.27. The van der Waals surface area contributed by atoms with Crippen LogP contribution in [-0.2, 0) is 16.1 Å². The molecule has 2 atom stereocenters. The number of benzene rings is 2. The molecule has 0 saturated heterocycles. The van der Waals surface area contributed by atoms with Crippen molar-refractivity contribution < 1.29 is 19.1 Å². The van der Waals surface area contributed by atoms with E-state index in [1.165, 1.54) is 4.90 Å². The van der Waals surface area contributed by atoms with Gasteiger partial charge in [-0.05, 0) is 56.2 Å². The van der Waals surface area contributed by atoms with Gasteiger partial charge in [0.1, 0.15) is 17.5 Å². The fraction of sp³-hybridized carbons (Fsp3) is 0.391. The van der Waals surface area contributed by atoms with E-state index in [2.05, 4.69) is 5.32 Å². The van der Waals surface area contributed by atoms with Gasteiger partial charge >= 0.3 is 0 Å². The van der Waals surface area contributed by atoms with Crippen LogP contribution in [0.1, 0.15) is 32.8 Å². The zero-order valence-electron chi connectivity index (χ0n) is 18.2. The van der Waals surface area contributed by atoms with Crippen LogP contribution in [0.3, 0.4) is 0 Å². The highest BCUT2D eigenvalue weighted by molar-refractivity contribution is 6.35. The van der Waals surface area contributed by atoms with Crippen LogP contribution in [0.5, 0.6) is 11.5 Å². The van der Waals surface area contributed by atoms with E-state index < -0.39 is 6.04 Å². The fourth-order valence-corrected chi connectivity index (χ4v) is 3.25. The molecule has 0 spiro atoms. The zero-order chi connectivity index (χ0) is 23.0. The van der Waals surface area contributed by atoms with Crippen LogP contribution in [0, 0.1) is 0 Å². The van der Waals surface area contributed by atoms with Gasteiger partial charge in [-0.3, -0.25) is 9.59 Å². The molecule has 0 aliphatic carbocycles. The Balaban J connectivity index is 2.17. The molecule has 31 heavy (non-hydrogen) atoms. The van der Waals surface area contributed by atoms with Crippen LogP contribution in [0.25, 0.3) is 0 Å². The standard InChI is InChI=1S/C23H28Cl2N2O4/c1-5-15(2)26-23(29)16(3)27(13-17-6-9-19(30-4)10-7-17)22(28)14-31-21-11-8-18(24)12-20(21)25/h6-12,15-16H,5,13-14H2,1-4H3,(H,26,29)/t15-,16+/m1/s1. The molecule has 2 rings (SSSR count). The number of rotatable bonds is 10. The van der Waals surface area contributed by atoms with E-state index in [1.807, 2.05) is 38.1 Å². The minimum absolute atomic E-state index is 0.0111. The Morgan fingerprint density at radius 1 is 1.10 bits per heavy atom. The highest BCUT2D eigenvalue weighted by atomic mass is 35.5. The molecule has 1 N–H and O–H groups in total. The third-order valence-corrected chi connectivity index (χ3v) is 5.46. The monoisotopic (exact) mass is 466 g/mol. The van der Waals surface area contributed by atoms with E-state index in [-0.39, 0.29) is 31.0 Å². The summed E-state index contributed by atoms with van der Waals surface area (Å²) in [4.78, 5) is 27.3. The Hall–Kier alpha value is -2.44. The fourth-order valence-electron chi connectivity index (χ4n) is 2.79. The summed E-state index contributed by atoms with van der Waals surface area (Å²) in [6.07, 6.45) is 0.795. The van der Waals surface area contributed by atoms with E-state index >= 15 is 0 Å². The van der Waals surface area contributed by atoms with Crippen molar-refractivity contribution in [3.05, 3.63) is 58.1 Å². The van der Waals surface area contributed by atoms with E-state index in [4.69, 9.17) is 32.7 Å². The maximum atomic E-state index is 13.1. The molecule has 0 unspecified atom stereocenters. The average Bonchev–Trinajstić information content (AvgIpc) is 2.76. The molecule has 6 nitrogen and oxygen atoms in total. The van der Waals surface area contributed by atoms with Crippen LogP contribution < -0.4 is 14.8 Å². The summed E-state index contributed by atoms with van der Waals surface area (Å²) in [5, 5.41) is 3.71. The van der Waals surface area contributed by atoms with Crippen LogP contribution in [-0.4, -0.2) is 42.5 Å². The van der Waals surface area contributed by atoms with E-state index in [0.29, 0.717) is 21.5 Å². The van der Waals surface area contributed by atoms with Gasteiger partial charge in [-0.1, -0.05) is 42.3 Å². The molecular weight excluding hydrogens is 439 g/mol. The van der Waals surface area contributed by atoms with Gasteiger partial charge in [-0.25, -0.2) is 0 Å². The lowest BCUT2D eigenvalue weighted by Crippen LogP contribution is -2.50. The van der Waals surface area contributed by atoms with Gasteiger partial charge in [0.25, 0.3) is 5.91 Å². The number of hydrogen-bond donors (Lipinski definition) is 1. The van der Waals surface area contributed by atoms with Gasteiger partial charge in [0.05, 0.1) is 12.1 Å². The first kappa shape index (κ1) is 24.8. The van der Waals surface area contributed by atoms with Crippen molar-refractivity contribution >= 4 is 35.0 Å². The van der Waals surface area contributed by atoms with Gasteiger partial charge in [-0.15, -0.1) is 0 Å². The molecule has 0 radical (unpaired) electrons. The molecule has 2 amide bonds. The third-order valence-electron chi connectivity index (χ3n) is 4.93. The van der Waals surface area contributed by atoms with Crippen molar-refractivity contribution in [2.45, 2.75) is 45.8 Å². The Morgan fingerprint density at radius 3 is 2.35 bits per heavy atom. The predicted octanol–water partition coefficient (Wildman–Crippen LogP) is 4.71. The maximum absolute atomic E-state index is 13.1. The van der Waals surface area contributed by atoms with Crippen LogP contribution in [0.2, 0.25) is 10.0 Å². The predicted molar refractivity (Wildman–Crippen MR) is 123 cm³/mol. The Labute approximate surface area is 193 Å². The van der Waals surface area contributed by atoms with Crippen molar-refractivity contribution in [2.24, 2.45) is 0 Å². The van der Waals surface area contributed by atoms with E-state index in [0.717, 1.165) is 12.0 Å². The smallest absolute Gasteiger partial charge is 0.261 e. The molecule has 0 aliphatic rings. The quantitative estimate of drug-likeness (QED) is 0.550. The molecule has 0 aliphatic heterocycles. The topological polar surface area (TPSA) is 67.9 Å². The minimum atomic E-state index is -0.687. The van der Waals surface area contributed by atoms with Crippen molar-refractivity contribution in [3.63, 3.8) is 0 Å². The van der Waals surface area contributed by atoms with Gasteiger partial charge in [0.15, 0.2) is 6.61 Å². The second kappa shape index (κ2) is 11.8. The van der Waals surface area contributed by atoms with Crippen molar-refractivity contribution in [1.82, 2.24) is 10.2 Å². The maximum Gasteiger partial charge on any atom is 0.261 e. The van der Waals surface area contributed by atoms with Gasteiger partial charge in [-0.2, -0.15) is 0 Å². The minimum Gasteiger partial charge on any atom is -0.497 e. The molecule has 2 aromatic rings. The molecule has 0 fully saturated rings. The Morgan fingerprint density at radius 2 is 1.77 bits per heavy atom. The SMILES string of the molecule is CC[C@@H](C)NC(=O)[C@H](C)N(Cc1ccc(OC)cc1)C(=O)COc1ccc(Cl)cc1Cl. The summed E-state index contributed by atoms with van der Waals surface area (Å²) in [5.74, 6) is 0.500. The number of carbonyl (C=O) groups excluding carboxylic acids is 2. The summed E-state index contributed by atoms with van der Waals surface area (Å²) < 4.78 is 10.8. The second-order valence-corrected chi connectivity index (χ2v) is 8.07. The molecule has 0 aromatic heterocycles. The molecule has 0 bridgehead atoms. The first-order chi connectivity index (χ1) is 14.7. The largest absolute Gasteiger partial charge is 0.497 e. The molecule has 0 heterocycles. The van der Waals surface area contributed by atoms with Gasteiger partial charge in [0.2, 0.25) is 5.91 Å². The van der Waals surface area contributed by atoms with Crippen LogP contribution in [0.15, 0.2) is 42.5 Å². The summed E-state index contributed by atoms with van der Waals surface area (Å²) in [5.41, 5.74) is 0.863. The number of nitrogens with one attached hydrogen (secondary N) is 1. The molecule has 0 saturated carbocycles. The van der Waals surface area contributed by atoms with Crippen LogP contribution in [0.4, 0.5) is 0 Å². The van der Waals surface area contributed by atoms with Crippen molar-refractivity contribution in [3.8, 4) is 11.5 Å².